The van der Waals surface area contributed by atoms with E-state index < -0.39 is 0 Å². The van der Waals surface area contributed by atoms with Crippen molar-refractivity contribution in [1.29, 1.82) is 0 Å². The first-order valence-electron chi connectivity index (χ1n) is 14.2. The molecule has 40 heavy (non-hydrogen) atoms. The minimum atomic E-state index is -0.289. The van der Waals surface area contributed by atoms with E-state index in [0.717, 1.165) is 41.8 Å². The molecule has 0 aliphatic carbocycles. The van der Waals surface area contributed by atoms with Gasteiger partial charge in [0.25, 0.3) is 5.56 Å². The molecule has 1 unspecified atom stereocenters. The first kappa shape index (κ1) is 29.3. The summed E-state index contributed by atoms with van der Waals surface area (Å²) < 4.78 is 27.2. The molecule has 4 rings (SSSR count). The highest BCUT2D eigenvalue weighted by Crippen LogP contribution is 2.41. The number of benzene rings is 2. The predicted molar refractivity (Wildman–Crippen MR) is 157 cm³/mol. The largest absolute Gasteiger partial charge is 0.493 e. The number of pyridine rings is 1. The summed E-state index contributed by atoms with van der Waals surface area (Å²) in [6.45, 7) is 11.5. The minimum Gasteiger partial charge on any atom is -0.493 e. The van der Waals surface area contributed by atoms with Crippen molar-refractivity contribution in [1.82, 2.24) is 9.88 Å². The van der Waals surface area contributed by atoms with Crippen molar-refractivity contribution in [2.45, 2.75) is 60.0 Å². The summed E-state index contributed by atoms with van der Waals surface area (Å²) in [6.07, 6.45) is 4.01. The number of rotatable bonds is 13. The van der Waals surface area contributed by atoms with E-state index in [2.05, 4.69) is 12.2 Å². The van der Waals surface area contributed by atoms with Crippen LogP contribution in [0, 0.1) is 11.2 Å². The molecule has 3 aromatic rings. The van der Waals surface area contributed by atoms with E-state index in [1.54, 1.807) is 29.0 Å². The highest BCUT2D eigenvalue weighted by Gasteiger charge is 2.42. The maximum Gasteiger partial charge on any atom is 0.250 e. The molecule has 1 aliphatic heterocycles. The first-order chi connectivity index (χ1) is 19.3. The van der Waals surface area contributed by atoms with Crippen molar-refractivity contribution in [2.24, 2.45) is 5.41 Å². The van der Waals surface area contributed by atoms with Gasteiger partial charge in [-0.15, -0.1) is 0 Å². The van der Waals surface area contributed by atoms with Crippen molar-refractivity contribution < 1.29 is 18.7 Å². The Labute approximate surface area is 235 Å². The number of ether oxygens (including phenoxy) is 2. The minimum absolute atomic E-state index is 0.0606. The normalized spacial score (nSPS) is 16.9. The van der Waals surface area contributed by atoms with Crippen molar-refractivity contribution in [2.75, 3.05) is 31.2 Å². The Bertz CT molecular complexity index is 1340. The van der Waals surface area contributed by atoms with Gasteiger partial charge in [-0.05, 0) is 87.0 Å². The molecule has 1 fully saturated rings. The van der Waals surface area contributed by atoms with Gasteiger partial charge in [0.05, 0.1) is 24.5 Å². The van der Waals surface area contributed by atoms with Crippen molar-refractivity contribution in [3.05, 3.63) is 76.5 Å². The molecule has 2 heterocycles. The van der Waals surface area contributed by atoms with Crippen LogP contribution in [0.15, 0.2) is 59.5 Å². The van der Waals surface area contributed by atoms with E-state index in [-0.39, 0.29) is 22.7 Å². The summed E-state index contributed by atoms with van der Waals surface area (Å²) >= 11 is 0. The van der Waals surface area contributed by atoms with Crippen molar-refractivity contribution in [3.63, 3.8) is 0 Å². The molecule has 0 bridgehead atoms. The number of anilines is 1. The van der Waals surface area contributed by atoms with Gasteiger partial charge in [-0.3, -0.25) is 9.59 Å². The Balaban J connectivity index is 1.46. The Morgan fingerprint density at radius 1 is 0.950 bits per heavy atom. The van der Waals surface area contributed by atoms with Gasteiger partial charge in [0.1, 0.15) is 17.3 Å². The highest BCUT2D eigenvalue weighted by molar-refractivity contribution is 5.96. The monoisotopic (exact) mass is 549 g/mol. The van der Waals surface area contributed by atoms with Gasteiger partial charge in [-0.1, -0.05) is 19.1 Å². The fourth-order valence-electron chi connectivity index (χ4n) is 5.41. The van der Waals surface area contributed by atoms with Crippen LogP contribution in [0.5, 0.6) is 11.5 Å². The second-order valence-electron chi connectivity index (χ2n) is 10.3. The number of aromatic nitrogens is 1. The number of amides is 1. The number of hydrogen-bond donors (Lipinski definition) is 1. The summed E-state index contributed by atoms with van der Waals surface area (Å²) in [4.78, 5) is 26.9. The molecule has 0 spiro atoms. The molecule has 0 radical (unpaired) electrons. The second-order valence-corrected chi connectivity index (χ2v) is 10.3. The van der Waals surface area contributed by atoms with E-state index in [0.29, 0.717) is 50.8 Å². The average molecular weight is 550 g/mol. The smallest absolute Gasteiger partial charge is 0.250 e. The predicted octanol–water partition coefficient (Wildman–Crippen LogP) is 5.78. The first-order valence-corrected chi connectivity index (χ1v) is 14.2. The molecule has 0 saturated carbocycles. The molecular weight excluding hydrogens is 509 g/mol. The van der Waals surface area contributed by atoms with Crippen LogP contribution in [0.4, 0.5) is 10.1 Å². The van der Waals surface area contributed by atoms with Gasteiger partial charge in [-0.25, -0.2) is 4.39 Å². The van der Waals surface area contributed by atoms with E-state index in [4.69, 9.17) is 9.47 Å². The molecule has 2 aromatic carbocycles. The van der Waals surface area contributed by atoms with E-state index in [1.165, 1.54) is 18.2 Å². The van der Waals surface area contributed by atoms with Crippen molar-refractivity contribution >= 4 is 11.6 Å². The SMILES string of the molecule is CCOc1cc(CNCCC2(CC)CC(=O)N(c3ccc(=O)n(CC)c3)C2)cc(OCC)c1-c1ccc(F)cc1. The van der Waals surface area contributed by atoms with E-state index in [9.17, 15) is 14.0 Å². The van der Waals surface area contributed by atoms with Crippen LogP contribution in [-0.2, 0) is 17.9 Å². The third-order valence-corrected chi connectivity index (χ3v) is 7.71. The Morgan fingerprint density at radius 2 is 1.62 bits per heavy atom. The van der Waals surface area contributed by atoms with Crippen LogP contribution in [-0.4, -0.2) is 36.8 Å². The van der Waals surface area contributed by atoms with E-state index >= 15 is 0 Å². The number of carbonyl (C=O) groups excluding carboxylic acids is 1. The van der Waals surface area contributed by atoms with Crippen LogP contribution in [0.2, 0.25) is 0 Å². The summed E-state index contributed by atoms with van der Waals surface area (Å²) in [7, 11) is 0. The maximum atomic E-state index is 13.6. The van der Waals surface area contributed by atoms with Crippen LogP contribution in [0.3, 0.4) is 0 Å². The van der Waals surface area contributed by atoms with Gasteiger partial charge < -0.3 is 24.3 Å². The zero-order chi connectivity index (χ0) is 28.7. The summed E-state index contributed by atoms with van der Waals surface area (Å²) in [5.41, 5.74) is 3.27. The number of nitrogens with one attached hydrogen (secondary N) is 1. The molecule has 1 N–H and O–H groups in total. The number of halogens is 1. The fraction of sp³-hybridized carbons (Fsp3) is 0.438. The van der Waals surface area contributed by atoms with Gasteiger partial charge in [0.2, 0.25) is 5.91 Å². The zero-order valence-corrected chi connectivity index (χ0v) is 24.0. The quantitative estimate of drug-likeness (QED) is 0.274. The van der Waals surface area contributed by atoms with Crippen LogP contribution >= 0.6 is 0 Å². The number of nitrogens with zero attached hydrogens (tertiary/aromatic N) is 2. The zero-order valence-electron chi connectivity index (χ0n) is 24.0. The Kier molecular flexibility index (Phi) is 9.63. The van der Waals surface area contributed by atoms with Crippen LogP contribution in [0.1, 0.15) is 52.5 Å². The van der Waals surface area contributed by atoms with Gasteiger partial charge >= 0.3 is 0 Å². The van der Waals surface area contributed by atoms with Crippen LogP contribution in [0.25, 0.3) is 11.1 Å². The molecule has 1 amide bonds. The lowest BCUT2D eigenvalue weighted by Gasteiger charge is -2.28. The van der Waals surface area contributed by atoms with Crippen LogP contribution < -0.4 is 25.2 Å². The number of hydrogen-bond acceptors (Lipinski definition) is 5. The van der Waals surface area contributed by atoms with Gasteiger partial charge in [0.15, 0.2) is 0 Å². The highest BCUT2D eigenvalue weighted by atomic mass is 19.1. The topological polar surface area (TPSA) is 72.8 Å². The third kappa shape index (κ3) is 6.55. The Morgan fingerprint density at radius 3 is 2.23 bits per heavy atom. The Hall–Kier alpha value is -3.65. The van der Waals surface area contributed by atoms with Crippen molar-refractivity contribution in [3.8, 4) is 22.6 Å². The maximum absolute atomic E-state index is 13.6. The molecule has 1 aliphatic rings. The second kappa shape index (κ2) is 13.1. The molecule has 214 valence electrons. The molecule has 8 heteroatoms. The van der Waals surface area contributed by atoms with E-state index in [1.807, 2.05) is 37.8 Å². The lowest BCUT2D eigenvalue weighted by molar-refractivity contribution is -0.117. The summed E-state index contributed by atoms with van der Waals surface area (Å²) in [6, 6.07) is 13.7. The lowest BCUT2D eigenvalue weighted by Crippen LogP contribution is -2.31. The molecule has 7 nitrogen and oxygen atoms in total. The molecule has 1 aromatic heterocycles. The average Bonchev–Trinajstić information content (AvgIpc) is 3.29. The molecular formula is C32H40FN3O4. The third-order valence-electron chi connectivity index (χ3n) is 7.71. The number of carbonyl (C=O) groups is 1. The fourth-order valence-corrected chi connectivity index (χ4v) is 5.41. The molecule has 1 atom stereocenters. The standard InChI is InChI=1S/C32H40FN3O4/c1-5-32(19-30(38)36(22-32)26-13-14-29(37)35(6-2)21-26)15-16-34-20-23-17-27(39-7-3)31(28(18-23)40-8-4)24-9-11-25(33)12-10-24/h9-14,17-18,21,34H,5-8,15-16,19-20,22H2,1-4H3. The lowest BCUT2D eigenvalue weighted by atomic mass is 9.81. The number of aryl methyl sites for hydroxylation is 1. The summed E-state index contributed by atoms with van der Waals surface area (Å²) in [5.74, 6) is 1.21. The van der Waals surface area contributed by atoms with Gasteiger partial charge in [0, 0.05) is 38.3 Å². The van der Waals surface area contributed by atoms with Gasteiger partial charge in [-0.2, -0.15) is 0 Å². The summed E-state index contributed by atoms with van der Waals surface area (Å²) in [5, 5.41) is 3.55. The molecule has 1 saturated heterocycles.